The lowest BCUT2D eigenvalue weighted by molar-refractivity contribution is 0.0695. The summed E-state index contributed by atoms with van der Waals surface area (Å²) in [7, 11) is 3.76. The summed E-state index contributed by atoms with van der Waals surface area (Å²) in [6, 6.07) is 3.14. The van der Waals surface area contributed by atoms with E-state index in [-0.39, 0.29) is 23.9 Å². The van der Waals surface area contributed by atoms with Gasteiger partial charge >= 0.3 is 0 Å². The maximum Gasteiger partial charge on any atom is 0.258 e. The molecule has 2 unspecified atom stereocenters. The number of phenolic OH excluding ortho intramolecular Hbond substituents is 1. The smallest absolute Gasteiger partial charge is 0.258 e. The van der Waals surface area contributed by atoms with E-state index in [9.17, 15) is 19.4 Å². The summed E-state index contributed by atoms with van der Waals surface area (Å²) in [4.78, 5) is 15.9. The molecule has 2 rings (SSSR count). The summed E-state index contributed by atoms with van der Waals surface area (Å²) in [5.74, 6) is -1.28. The lowest BCUT2D eigenvalue weighted by atomic mass is 10.1. The Labute approximate surface area is 117 Å². The number of likely N-dealkylation sites (N-methyl/N-ethyl adjacent to an activating group) is 1. The molecule has 0 bridgehead atoms. The van der Waals surface area contributed by atoms with Crippen LogP contribution in [-0.4, -0.2) is 65.3 Å². The van der Waals surface area contributed by atoms with E-state index in [1.165, 1.54) is 4.90 Å². The molecule has 0 spiro atoms. The number of hydrogen-bond donors (Lipinski definition) is 2. The van der Waals surface area contributed by atoms with Gasteiger partial charge in [-0.15, -0.1) is 0 Å². The van der Waals surface area contributed by atoms with E-state index in [1.807, 2.05) is 19.0 Å². The summed E-state index contributed by atoms with van der Waals surface area (Å²) in [6.45, 7) is 0.812. The first-order valence-electron chi connectivity index (χ1n) is 6.50. The van der Waals surface area contributed by atoms with Crippen LogP contribution in [0.25, 0.3) is 0 Å². The molecular weight excluding hydrogens is 263 g/mol. The quantitative estimate of drug-likeness (QED) is 0.855. The Kier molecular flexibility index (Phi) is 4.25. The van der Waals surface area contributed by atoms with E-state index in [4.69, 9.17) is 0 Å². The van der Waals surface area contributed by atoms with Gasteiger partial charge < -0.3 is 20.0 Å². The minimum atomic E-state index is -0.584. The molecule has 0 aliphatic carbocycles. The molecule has 1 aromatic rings. The number of rotatable bonds is 3. The summed E-state index contributed by atoms with van der Waals surface area (Å²) in [6.07, 6.45) is -0.0976. The highest BCUT2D eigenvalue weighted by Gasteiger charge is 2.35. The van der Waals surface area contributed by atoms with Crippen molar-refractivity contribution in [3.63, 3.8) is 0 Å². The first-order valence-corrected chi connectivity index (χ1v) is 6.50. The predicted molar refractivity (Wildman–Crippen MR) is 72.1 cm³/mol. The minimum Gasteiger partial charge on any atom is -0.507 e. The van der Waals surface area contributed by atoms with Crippen molar-refractivity contribution >= 4 is 5.91 Å². The number of aromatic hydroxyl groups is 1. The van der Waals surface area contributed by atoms with Gasteiger partial charge in [0.2, 0.25) is 0 Å². The Balaban J connectivity index is 2.24. The van der Waals surface area contributed by atoms with E-state index >= 15 is 0 Å². The molecule has 1 aliphatic rings. The van der Waals surface area contributed by atoms with E-state index in [1.54, 1.807) is 0 Å². The monoisotopic (exact) mass is 282 g/mol. The highest BCUT2D eigenvalue weighted by Crippen LogP contribution is 2.25. The molecule has 2 N–H and O–H groups in total. The van der Waals surface area contributed by atoms with E-state index in [0.717, 1.165) is 18.2 Å². The fraction of sp³-hybridized carbons (Fsp3) is 0.500. The van der Waals surface area contributed by atoms with Crippen molar-refractivity contribution in [2.24, 2.45) is 0 Å². The van der Waals surface area contributed by atoms with Crippen LogP contribution in [0.2, 0.25) is 0 Å². The van der Waals surface area contributed by atoms with Crippen LogP contribution >= 0.6 is 0 Å². The van der Waals surface area contributed by atoms with Crippen LogP contribution in [0.4, 0.5) is 4.39 Å². The highest BCUT2D eigenvalue weighted by molar-refractivity contribution is 5.97. The van der Waals surface area contributed by atoms with Gasteiger partial charge in [0, 0.05) is 19.1 Å². The number of carbonyl (C=O) groups is 1. The number of carbonyl (C=O) groups excluding carboxylic acids is 1. The third-order valence-corrected chi connectivity index (χ3v) is 3.42. The molecule has 6 heteroatoms. The van der Waals surface area contributed by atoms with Crippen molar-refractivity contribution in [3.8, 4) is 5.75 Å². The Morgan fingerprint density at radius 3 is 2.85 bits per heavy atom. The largest absolute Gasteiger partial charge is 0.507 e. The maximum atomic E-state index is 13.2. The molecule has 20 heavy (non-hydrogen) atoms. The number of β-amino-alcohol motifs (C(OH)–C–C–N with tert-alkyl or cyclic N) is 1. The van der Waals surface area contributed by atoms with Crippen LogP contribution in [0.3, 0.4) is 0 Å². The van der Waals surface area contributed by atoms with Crippen LogP contribution in [-0.2, 0) is 0 Å². The van der Waals surface area contributed by atoms with Gasteiger partial charge in [-0.05, 0) is 38.7 Å². The third-order valence-electron chi connectivity index (χ3n) is 3.42. The van der Waals surface area contributed by atoms with Crippen LogP contribution in [0.15, 0.2) is 18.2 Å². The van der Waals surface area contributed by atoms with Gasteiger partial charge in [0.25, 0.3) is 5.91 Å². The van der Waals surface area contributed by atoms with Gasteiger partial charge in [-0.2, -0.15) is 0 Å². The summed E-state index contributed by atoms with van der Waals surface area (Å²) in [5, 5.41) is 19.5. The molecular formula is C14H19FN2O3. The van der Waals surface area contributed by atoms with Crippen molar-refractivity contribution in [1.29, 1.82) is 0 Å². The number of phenols is 1. The molecule has 1 fully saturated rings. The molecule has 0 saturated carbocycles. The molecule has 110 valence electrons. The molecule has 1 saturated heterocycles. The number of halogens is 1. The Morgan fingerprint density at radius 2 is 2.20 bits per heavy atom. The van der Waals surface area contributed by atoms with E-state index in [0.29, 0.717) is 13.0 Å². The Bertz CT molecular complexity index is 507. The third kappa shape index (κ3) is 3.08. The normalized spacial score (nSPS) is 22.6. The Hall–Kier alpha value is -1.66. The second kappa shape index (κ2) is 5.76. The van der Waals surface area contributed by atoms with Gasteiger partial charge in [0.1, 0.15) is 11.6 Å². The fourth-order valence-corrected chi connectivity index (χ4v) is 2.57. The zero-order valence-corrected chi connectivity index (χ0v) is 11.6. The standard InChI is InChI=1S/C14H19FN2O3/c1-16(2)7-10-6-11(18)8-17(10)14(20)12-5-9(15)3-4-13(12)19/h3-5,10-11,18-19H,6-8H2,1-2H3. The number of benzene rings is 1. The van der Waals surface area contributed by atoms with Crippen LogP contribution in [0.5, 0.6) is 5.75 Å². The van der Waals surface area contributed by atoms with E-state index < -0.39 is 17.8 Å². The van der Waals surface area contributed by atoms with Crippen LogP contribution < -0.4 is 0 Å². The maximum absolute atomic E-state index is 13.2. The van der Waals surface area contributed by atoms with Gasteiger partial charge in [-0.1, -0.05) is 0 Å². The number of likely N-dealkylation sites (tertiary alicyclic amines) is 1. The number of amides is 1. The fourth-order valence-electron chi connectivity index (χ4n) is 2.57. The highest BCUT2D eigenvalue weighted by atomic mass is 19.1. The molecule has 1 amide bonds. The van der Waals surface area contributed by atoms with Gasteiger partial charge in [-0.25, -0.2) is 4.39 Å². The first kappa shape index (κ1) is 14.7. The second-order valence-electron chi connectivity index (χ2n) is 5.42. The minimum absolute atomic E-state index is 0.0668. The topological polar surface area (TPSA) is 64.0 Å². The lowest BCUT2D eigenvalue weighted by Gasteiger charge is -2.27. The molecule has 2 atom stereocenters. The molecule has 1 aliphatic heterocycles. The molecule has 0 radical (unpaired) electrons. The average molecular weight is 282 g/mol. The zero-order chi connectivity index (χ0) is 14.9. The summed E-state index contributed by atoms with van der Waals surface area (Å²) >= 11 is 0. The zero-order valence-electron chi connectivity index (χ0n) is 11.6. The first-order chi connectivity index (χ1) is 9.38. The molecule has 1 heterocycles. The van der Waals surface area contributed by atoms with Gasteiger partial charge in [0.15, 0.2) is 0 Å². The van der Waals surface area contributed by atoms with Crippen molar-refractivity contribution in [3.05, 3.63) is 29.6 Å². The summed E-state index contributed by atoms with van der Waals surface area (Å²) in [5.41, 5.74) is -0.0668. The molecule has 1 aromatic carbocycles. The lowest BCUT2D eigenvalue weighted by Crippen LogP contribution is -2.41. The number of aliphatic hydroxyl groups is 1. The van der Waals surface area contributed by atoms with Crippen molar-refractivity contribution < 1.29 is 19.4 Å². The van der Waals surface area contributed by atoms with Crippen LogP contribution in [0, 0.1) is 5.82 Å². The Morgan fingerprint density at radius 1 is 1.50 bits per heavy atom. The van der Waals surface area contributed by atoms with Crippen molar-refractivity contribution in [2.75, 3.05) is 27.2 Å². The summed E-state index contributed by atoms with van der Waals surface area (Å²) < 4.78 is 13.2. The predicted octanol–water partition coefficient (Wildman–Crippen LogP) is 0.668. The second-order valence-corrected chi connectivity index (χ2v) is 5.42. The average Bonchev–Trinajstić information content (AvgIpc) is 2.71. The molecule has 5 nitrogen and oxygen atoms in total. The SMILES string of the molecule is CN(C)CC1CC(O)CN1C(=O)c1cc(F)ccc1O. The number of aliphatic hydroxyl groups excluding tert-OH is 1. The van der Waals surface area contributed by atoms with E-state index in [2.05, 4.69) is 0 Å². The molecule has 0 aromatic heterocycles. The van der Waals surface area contributed by atoms with Crippen LogP contribution in [0.1, 0.15) is 16.8 Å². The number of hydrogen-bond acceptors (Lipinski definition) is 4. The van der Waals surface area contributed by atoms with Gasteiger partial charge in [0.05, 0.1) is 11.7 Å². The van der Waals surface area contributed by atoms with Crippen molar-refractivity contribution in [1.82, 2.24) is 9.80 Å². The number of nitrogens with zero attached hydrogens (tertiary/aromatic N) is 2. The van der Waals surface area contributed by atoms with Gasteiger partial charge in [-0.3, -0.25) is 4.79 Å². The van der Waals surface area contributed by atoms with Crippen molar-refractivity contribution in [2.45, 2.75) is 18.6 Å².